The van der Waals surface area contributed by atoms with Gasteiger partial charge in [0.25, 0.3) is 0 Å². The minimum atomic E-state index is -0.630. The van der Waals surface area contributed by atoms with Gasteiger partial charge in [-0.2, -0.15) is 0 Å². The Morgan fingerprint density at radius 3 is 2.52 bits per heavy atom. The number of hydrogen-bond acceptors (Lipinski definition) is 4. The minimum Gasteiger partial charge on any atom is -0.368 e. The van der Waals surface area contributed by atoms with Crippen molar-refractivity contribution in [3.63, 3.8) is 0 Å². The van der Waals surface area contributed by atoms with E-state index in [0.29, 0.717) is 37.6 Å². The number of aromatic nitrogens is 1. The van der Waals surface area contributed by atoms with E-state index in [4.69, 9.17) is 5.73 Å². The van der Waals surface area contributed by atoms with E-state index < -0.39 is 11.9 Å². The summed E-state index contributed by atoms with van der Waals surface area (Å²) in [6.45, 7) is 2.33. The molecule has 1 aliphatic rings. The van der Waals surface area contributed by atoms with Crippen LogP contribution in [-0.4, -0.2) is 42.0 Å². The Kier molecular flexibility index (Phi) is 5.23. The maximum absolute atomic E-state index is 14.0. The third kappa shape index (κ3) is 3.93. The number of amides is 1. The van der Waals surface area contributed by atoms with Crippen molar-refractivity contribution in [2.45, 2.75) is 12.5 Å². The Hall–Kier alpha value is -2.54. The highest BCUT2D eigenvalue weighted by atomic mass is 19.1. The lowest BCUT2D eigenvalue weighted by Crippen LogP contribution is -2.40. The zero-order valence-electron chi connectivity index (χ0n) is 13.7. The van der Waals surface area contributed by atoms with Gasteiger partial charge in [-0.05, 0) is 36.2 Å². The number of carbonyl (C=O) groups excluding carboxylic acids is 1. The molecular weight excluding hydrogens is 326 g/mol. The van der Waals surface area contributed by atoms with Crippen LogP contribution in [0.15, 0.2) is 42.6 Å². The van der Waals surface area contributed by atoms with Crippen LogP contribution in [-0.2, 0) is 4.79 Å². The molecule has 7 heteroatoms. The van der Waals surface area contributed by atoms with Crippen LogP contribution in [0.3, 0.4) is 0 Å². The number of anilines is 1. The third-order valence-electron chi connectivity index (χ3n) is 4.39. The van der Waals surface area contributed by atoms with Gasteiger partial charge in [0.15, 0.2) is 11.6 Å². The fraction of sp³-hybridized carbons (Fsp3) is 0.333. The zero-order chi connectivity index (χ0) is 17.8. The summed E-state index contributed by atoms with van der Waals surface area (Å²) in [7, 11) is 0. The molecule has 132 valence electrons. The number of carbonyl (C=O) groups is 1. The van der Waals surface area contributed by atoms with E-state index in [1.54, 1.807) is 24.4 Å². The molecule has 25 heavy (non-hydrogen) atoms. The van der Waals surface area contributed by atoms with Gasteiger partial charge in [-0.15, -0.1) is 0 Å². The maximum Gasteiger partial charge on any atom is 0.239 e. The summed E-state index contributed by atoms with van der Waals surface area (Å²) in [5, 5.41) is 0. The summed E-state index contributed by atoms with van der Waals surface area (Å²) in [5.41, 5.74) is 6.26. The second-order valence-corrected chi connectivity index (χ2v) is 6.04. The molecule has 1 unspecified atom stereocenters. The van der Waals surface area contributed by atoms with Crippen LogP contribution in [0.5, 0.6) is 0 Å². The molecular formula is C18H20F2N4O. The van der Waals surface area contributed by atoms with Crippen LogP contribution in [0.1, 0.15) is 18.0 Å². The second-order valence-electron chi connectivity index (χ2n) is 6.04. The van der Waals surface area contributed by atoms with Crippen molar-refractivity contribution >= 4 is 11.7 Å². The molecule has 3 rings (SSSR count). The largest absolute Gasteiger partial charge is 0.368 e. The van der Waals surface area contributed by atoms with Crippen LogP contribution >= 0.6 is 0 Å². The second kappa shape index (κ2) is 7.57. The van der Waals surface area contributed by atoms with Crippen LogP contribution in [0, 0.1) is 11.6 Å². The molecule has 2 aromatic rings. The smallest absolute Gasteiger partial charge is 0.239 e. The van der Waals surface area contributed by atoms with Crippen molar-refractivity contribution in [3.05, 3.63) is 59.8 Å². The molecule has 1 aliphatic heterocycles. The Bertz CT molecular complexity index is 738. The topological polar surface area (TPSA) is 62.5 Å². The predicted molar refractivity (Wildman–Crippen MR) is 90.9 cm³/mol. The van der Waals surface area contributed by atoms with Crippen LogP contribution in [0.2, 0.25) is 0 Å². The monoisotopic (exact) mass is 346 g/mol. The molecule has 1 fully saturated rings. The number of nitrogens with two attached hydrogens (primary N) is 1. The summed E-state index contributed by atoms with van der Waals surface area (Å²) in [6.07, 6.45) is 2.30. The standard InChI is InChI=1S/C18H20F2N4O/c19-14-6-4-13(5-7-14)16(17(21)25)23-9-2-10-24(12-11-23)18-15(20)3-1-8-22-18/h1,3-8,16H,2,9-12H2,(H2,21,25). The summed E-state index contributed by atoms with van der Waals surface area (Å²) in [5.74, 6) is -0.883. The van der Waals surface area contributed by atoms with E-state index >= 15 is 0 Å². The molecule has 0 saturated carbocycles. The number of pyridine rings is 1. The minimum absolute atomic E-state index is 0.321. The van der Waals surface area contributed by atoms with Crippen molar-refractivity contribution in [1.29, 1.82) is 0 Å². The summed E-state index contributed by atoms with van der Waals surface area (Å²) >= 11 is 0. The van der Waals surface area contributed by atoms with Crippen LogP contribution in [0.25, 0.3) is 0 Å². The molecule has 0 spiro atoms. The Morgan fingerprint density at radius 2 is 1.84 bits per heavy atom. The predicted octanol–water partition coefficient (Wildman–Crippen LogP) is 2.10. The van der Waals surface area contributed by atoms with E-state index in [-0.39, 0.29) is 11.6 Å². The fourth-order valence-corrected chi connectivity index (χ4v) is 3.22. The highest BCUT2D eigenvalue weighted by Gasteiger charge is 2.28. The summed E-state index contributed by atoms with van der Waals surface area (Å²) in [4.78, 5) is 19.9. The van der Waals surface area contributed by atoms with Crippen molar-refractivity contribution < 1.29 is 13.6 Å². The number of hydrogen-bond donors (Lipinski definition) is 1. The van der Waals surface area contributed by atoms with Crippen LogP contribution in [0.4, 0.5) is 14.6 Å². The lowest BCUT2D eigenvalue weighted by Gasteiger charge is -2.28. The third-order valence-corrected chi connectivity index (χ3v) is 4.39. The first kappa shape index (κ1) is 17.3. The SMILES string of the molecule is NC(=O)C(c1ccc(F)cc1)N1CCCN(c2ncccc2F)CC1. The first-order valence-corrected chi connectivity index (χ1v) is 8.20. The number of rotatable bonds is 4. The molecule has 1 aromatic carbocycles. The van der Waals surface area contributed by atoms with Gasteiger partial charge in [-0.3, -0.25) is 9.69 Å². The number of nitrogens with zero attached hydrogens (tertiary/aromatic N) is 3. The zero-order valence-corrected chi connectivity index (χ0v) is 13.7. The van der Waals surface area contributed by atoms with Crippen molar-refractivity contribution in [1.82, 2.24) is 9.88 Å². The maximum atomic E-state index is 14.0. The van der Waals surface area contributed by atoms with E-state index in [1.165, 1.54) is 18.2 Å². The molecule has 0 bridgehead atoms. The Labute approximate surface area is 145 Å². The summed E-state index contributed by atoms with van der Waals surface area (Å²) < 4.78 is 27.1. The van der Waals surface area contributed by atoms with Gasteiger partial charge in [0.1, 0.15) is 11.9 Å². The molecule has 1 saturated heterocycles. The van der Waals surface area contributed by atoms with E-state index in [9.17, 15) is 13.6 Å². The van der Waals surface area contributed by atoms with Crippen LogP contribution < -0.4 is 10.6 Å². The first-order valence-electron chi connectivity index (χ1n) is 8.20. The first-order chi connectivity index (χ1) is 12.1. The van der Waals surface area contributed by atoms with Crippen molar-refractivity contribution in [3.8, 4) is 0 Å². The van der Waals surface area contributed by atoms with E-state index in [1.807, 2.05) is 9.80 Å². The highest BCUT2D eigenvalue weighted by molar-refractivity contribution is 5.81. The summed E-state index contributed by atoms with van der Waals surface area (Å²) in [6, 6.07) is 8.10. The van der Waals surface area contributed by atoms with Gasteiger partial charge < -0.3 is 10.6 Å². The molecule has 2 heterocycles. The van der Waals surface area contributed by atoms with E-state index in [2.05, 4.69) is 4.98 Å². The lowest BCUT2D eigenvalue weighted by molar-refractivity contribution is -0.123. The van der Waals surface area contributed by atoms with Gasteiger partial charge in [0.05, 0.1) is 0 Å². The highest BCUT2D eigenvalue weighted by Crippen LogP contribution is 2.24. The average Bonchev–Trinajstić information content (AvgIpc) is 2.83. The number of halogens is 2. The Balaban J connectivity index is 1.77. The fourth-order valence-electron chi connectivity index (χ4n) is 3.22. The molecule has 2 N–H and O–H groups in total. The molecule has 1 amide bonds. The molecule has 0 radical (unpaired) electrons. The number of primary amides is 1. The molecule has 5 nitrogen and oxygen atoms in total. The van der Waals surface area contributed by atoms with E-state index in [0.717, 1.165) is 6.42 Å². The van der Waals surface area contributed by atoms with Crippen molar-refractivity contribution in [2.24, 2.45) is 5.73 Å². The van der Waals surface area contributed by atoms with Gasteiger partial charge in [0.2, 0.25) is 5.91 Å². The Morgan fingerprint density at radius 1 is 1.08 bits per heavy atom. The van der Waals surface area contributed by atoms with Gasteiger partial charge in [-0.1, -0.05) is 12.1 Å². The van der Waals surface area contributed by atoms with Gasteiger partial charge in [0, 0.05) is 32.4 Å². The molecule has 1 aromatic heterocycles. The van der Waals surface area contributed by atoms with Crippen molar-refractivity contribution in [2.75, 3.05) is 31.1 Å². The normalized spacial score (nSPS) is 17.1. The van der Waals surface area contributed by atoms with Gasteiger partial charge >= 0.3 is 0 Å². The average molecular weight is 346 g/mol. The molecule has 1 atom stereocenters. The lowest BCUT2D eigenvalue weighted by atomic mass is 10.0. The number of benzene rings is 1. The quantitative estimate of drug-likeness (QED) is 0.921. The molecule has 0 aliphatic carbocycles. The van der Waals surface area contributed by atoms with Gasteiger partial charge in [-0.25, -0.2) is 13.8 Å².